The Labute approximate surface area is 188 Å². The van der Waals surface area contributed by atoms with Gasteiger partial charge in [-0.15, -0.1) is 0 Å². The van der Waals surface area contributed by atoms with E-state index in [1.807, 2.05) is 31.2 Å². The maximum atomic E-state index is 13.2. The predicted octanol–water partition coefficient (Wildman–Crippen LogP) is 3.81. The van der Waals surface area contributed by atoms with Crippen molar-refractivity contribution in [3.63, 3.8) is 0 Å². The topological polar surface area (TPSA) is 75.7 Å². The average Bonchev–Trinajstić information content (AvgIpc) is 3.15. The smallest absolute Gasteiger partial charge is 0.264 e. The van der Waals surface area contributed by atoms with Gasteiger partial charge in [-0.25, -0.2) is 8.42 Å². The molecule has 3 aromatic rings. The number of fused-ring (bicyclic) bond motifs is 1. The molecular formula is C25H26N2O4S. The van der Waals surface area contributed by atoms with E-state index >= 15 is 0 Å². The highest BCUT2D eigenvalue weighted by molar-refractivity contribution is 7.92. The van der Waals surface area contributed by atoms with Crippen molar-refractivity contribution in [2.45, 2.75) is 30.7 Å². The lowest BCUT2D eigenvalue weighted by Crippen LogP contribution is -2.35. The molecule has 1 aliphatic heterocycles. The molecule has 0 aliphatic carbocycles. The standard InChI is InChI=1S/C25H26N2O4S/c1-18-16-21-17-20(25(28)26-15-14-19-8-11-22(31-2)12-9-19)10-13-24(21)27(18)32(29,30)23-6-4-3-5-7-23/h3-13,17-18H,14-16H2,1-2H3,(H,26,28)/t18-/m0/s1. The highest BCUT2D eigenvalue weighted by Crippen LogP contribution is 2.37. The number of methoxy groups -OCH3 is 1. The number of carbonyl (C=O) groups excluding carboxylic acids is 1. The van der Waals surface area contributed by atoms with Crippen molar-refractivity contribution in [3.05, 3.63) is 89.5 Å². The van der Waals surface area contributed by atoms with Crippen molar-refractivity contribution >= 4 is 21.6 Å². The van der Waals surface area contributed by atoms with Crippen LogP contribution in [0.1, 0.15) is 28.4 Å². The lowest BCUT2D eigenvalue weighted by atomic mass is 10.1. The number of ether oxygens (including phenoxy) is 1. The van der Waals surface area contributed by atoms with Gasteiger partial charge in [0, 0.05) is 18.2 Å². The Morgan fingerprint density at radius 3 is 2.47 bits per heavy atom. The minimum atomic E-state index is -3.66. The van der Waals surface area contributed by atoms with E-state index in [4.69, 9.17) is 4.74 Å². The Bertz CT molecular complexity index is 1210. The number of hydrogen-bond acceptors (Lipinski definition) is 4. The van der Waals surface area contributed by atoms with E-state index in [0.29, 0.717) is 30.6 Å². The minimum Gasteiger partial charge on any atom is -0.497 e. The fourth-order valence-corrected chi connectivity index (χ4v) is 5.74. The van der Waals surface area contributed by atoms with Crippen LogP contribution >= 0.6 is 0 Å². The summed E-state index contributed by atoms with van der Waals surface area (Å²) in [6.07, 6.45) is 1.27. The molecule has 0 bridgehead atoms. The van der Waals surface area contributed by atoms with Crippen LogP contribution in [-0.2, 0) is 22.9 Å². The first-order chi connectivity index (χ1) is 15.4. The van der Waals surface area contributed by atoms with Crippen LogP contribution in [0.2, 0.25) is 0 Å². The highest BCUT2D eigenvalue weighted by Gasteiger charge is 2.36. The van der Waals surface area contributed by atoms with Crippen molar-refractivity contribution in [1.29, 1.82) is 0 Å². The number of carbonyl (C=O) groups is 1. The lowest BCUT2D eigenvalue weighted by molar-refractivity contribution is 0.0954. The first kappa shape index (κ1) is 21.9. The number of nitrogens with zero attached hydrogens (tertiary/aromatic N) is 1. The summed E-state index contributed by atoms with van der Waals surface area (Å²) < 4.78 is 33.0. The van der Waals surface area contributed by atoms with Gasteiger partial charge in [0.2, 0.25) is 0 Å². The van der Waals surface area contributed by atoms with Crippen LogP contribution in [0.5, 0.6) is 5.75 Å². The van der Waals surface area contributed by atoms with Gasteiger partial charge in [0.05, 0.1) is 17.7 Å². The number of rotatable bonds is 7. The molecule has 0 saturated heterocycles. The second-order valence-electron chi connectivity index (χ2n) is 7.86. The Kier molecular flexibility index (Phi) is 6.19. The van der Waals surface area contributed by atoms with Gasteiger partial charge in [-0.2, -0.15) is 0 Å². The lowest BCUT2D eigenvalue weighted by Gasteiger charge is -2.24. The van der Waals surface area contributed by atoms with Crippen LogP contribution in [0.25, 0.3) is 0 Å². The van der Waals surface area contributed by atoms with Gasteiger partial charge in [0.15, 0.2) is 0 Å². The van der Waals surface area contributed by atoms with Gasteiger partial charge in [0.25, 0.3) is 15.9 Å². The van der Waals surface area contributed by atoms with Crippen molar-refractivity contribution in [3.8, 4) is 5.75 Å². The van der Waals surface area contributed by atoms with Crippen LogP contribution in [0.4, 0.5) is 5.69 Å². The zero-order valence-electron chi connectivity index (χ0n) is 18.1. The third-order valence-corrected chi connectivity index (χ3v) is 7.60. The predicted molar refractivity (Wildman–Crippen MR) is 125 cm³/mol. The summed E-state index contributed by atoms with van der Waals surface area (Å²) in [6.45, 7) is 2.39. The molecule has 1 atom stereocenters. The minimum absolute atomic E-state index is 0.168. The van der Waals surface area contributed by atoms with Crippen molar-refractivity contribution in [1.82, 2.24) is 5.32 Å². The molecule has 0 fully saturated rings. The summed E-state index contributed by atoms with van der Waals surface area (Å²) in [5.74, 6) is 0.631. The second kappa shape index (κ2) is 9.04. The van der Waals surface area contributed by atoms with Crippen LogP contribution in [0, 0.1) is 0 Å². The Morgan fingerprint density at radius 2 is 1.78 bits per heavy atom. The maximum Gasteiger partial charge on any atom is 0.264 e. The monoisotopic (exact) mass is 450 g/mol. The second-order valence-corrected chi connectivity index (χ2v) is 9.68. The first-order valence-electron chi connectivity index (χ1n) is 10.5. The number of anilines is 1. The average molecular weight is 451 g/mol. The molecule has 1 heterocycles. The first-order valence-corrected chi connectivity index (χ1v) is 12.0. The van der Waals surface area contributed by atoms with Gasteiger partial charge in [0.1, 0.15) is 5.75 Å². The molecule has 32 heavy (non-hydrogen) atoms. The molecule has 6 nitrogen and oxygen atoms in total. The maximum absolute atomic E-state index is 13.2. The van der Waals surface area contributed by atoms with Crippen molar-refractivity contribution in [2.75, 3.05) is 18.0 Å². The molecule has 1 amide bonds. The fourth-order valence-electron chi connectivity index (χ4n) is 4.03. The normalized spacial score (nSPS) is 15.3. The summed E-state index contributed by atoms with van der Waals surface area (Å²) in [7, 11) is -2.03. The third kappa shape index (κ3) is 4.34. The van der Waals surface area contributed by atoms with Gasteiger partial charge in [-0.05, 0) is 73.4 Å². The van der Waals surface area contributed by atoms with Crippen molar-refractivity contribution in [2.24, 2.45) is 0 Å². The zero-order valence-corrected chi connectivity index (χ0v) is 18.9. The molecule has 0 radical (unpaired) electrons. The van der Waals surface area contributed by atoms with Gasteiger partial charge < -0.3 is 10.1 Å². The van der Waals surface area contributed by atoms with Crippen LogP contribution in [-0.4, -0.2) is 34.0 Å². The van der Waals surface area contributed by atoms with E-state index in [9.17, 15) is 13.2 Å². The van der Waals surface area contributed by atoms with Crippen LogP contribution in [0.3, 0.4) is 0 Å². The van der Waals surface area contributed by atoms with E-state index in [0.717, 1.165) is 16.9 Å². The Balaban J connectivity index is 1.46. The molecule has 0 spiro atoms. The summed E-state index contributed by atoms with van der Waals surface area (Å²) in [6, 6.07) is 21.2. The highest BCUT2D eigenvalue weighted by atomic mass is 32.2. The molecule has 1 N–H and O–H groups in total. The van der Waals surface area contributed by atoms with E-state index in [1.54, 1.807) is 55.6 Å². The molecule has 0 unspecified atom stereocenters. The Hall–Kier alpha value is -3.32. The number of hydrogen-bond donors (Lipinski definition) is 1. The number of benzene rings is 3. The van der Waals surface area contributed by atoms with Crippen LogP contribution in [0.15, 0.2) is 77.7 Å². The summed E-state index contributed by atoms with van der Waals surface area (Å²) in [5, 5.41) is 2.94. The van der Waals surface area contributed by atoms with Gasteiger partial charge in [-0.3, -0.25) is 9.10 Å². The summed E-state index contributed by atoms with van der Waals surface area (Å²) in [4.78, 5) is 12.9. The largest absolute Gasteiger partial charge is 0.497 e. The van der Waals surface area contributed by atoms with E-state index in [-0.39, 0.29) is 16.8 Å². The van der Waals surface area contributed by atoms with E-state index in [1.165, 1.54) is 4.31 Å². The molecule has 1 aliphatic rings. The molecule has 3 aromatic carbocycles. The number of amides is 1. The number of sulfonamides is 1. The zero-order chi connectivity index (χ0) is 22.7. The van der Waals surface area contributed by atoms with E-state index < -0.39 is 10.0 Å². The Morgan fingerprint density at radius 1 is 1.06 bits per heavy atom. The molecule has 7 heteroatoms. The molecular weight excluding hydrogens is 424 g/mol. The molecule has 166 valence electrons. The molecule has 0 saturated carbocycles. The van der Waals surface area contributed by atoms with Crippen LogP contribution < -0.4 is 14.4 Å². The molecule has 4 rings (SSSR count). The quantitative estimate of drug-likeness (QED) is 0.594. The SMILES string of the molecule is COc1ccc(CCNC(=O)c2ccc3c(c2)C[C@H](C)N3S(=O)(=O)c2ccccc2)cc1. The van der Waals surface area contributed by atoms with Gasteiger partial charge >= 0.3 is 0 Å². The third-order valence-electron chi connectivity index (χ3n) is 5.65. The summed E-state index contributed by atoms with van der Waals surface area (Å²) >= 11 is 0. The summed E-state index contributed by atoms with van der Waals surface area (Å²) in [5.41, 5.74) is 3.14. The van der Waals surface area contributed by atoms with E-state index in [2.05, 4.69) is 5.32 Å². The molecule has 0 aromatic heterocycles. The fraction of sp³-hybridized carbons (Fsp3) is 0.240. The van der Waals surface area contributed by atoms with Crippen molar-refractivity contribution < 1.29 is 17.9 Å². The number of nitrogens with one attached hydrogen (secondary N) is 1. The van der Waals surface area contributed by atoms with Gasteiger partial charge in [-0.1, -0.05) is 30.3 Å².